The maximum absolute atomic E-state index is 13.5. The van der Waals surface area contributed by atoms with Gasteiger partial charge in [0.05, 0.1) is 16.9 Å². The monoisotopic (exact) mass is 443 g/mol. The number of ether oxygens (including phenoxy) is 1. The van der Waals surface area contributed by atoms with E-state index in [2.05, 4.69) is 0 Å². The Morgan fingerprint density at radius 1 is 0.750 bits per heavy atom. The summed E-state index contributed by atoms with van der Waals surface area (Å²) in [4.78, 5) is 40.7. The predicted molar refractivity (Wildman–Crippen MR) is 117 cm³/mol. The van der Waals surface area contributed by atoms with E-state index in [0.717, 1.165) is 27.2 Å². The molecular formula is C26H18ClNO4. The second-order valence-corrected chi connectivity index (χ2v) is 8.84. The molecule has 0 aromatic heterocycles. The highest BCUT2D eigenvalue weighted by molar-refractivity contribution is 6.32. The summed E-state index contributed by atoms with van der Waals surface area (Å²) in [5.74, 6) is -2.52. The van der Waals surface area contributed by atoms with Crippen LogP contribution in [0.25, 0.3) is 0 Å². The smallest absolute Gasteiger partial charge is 0.331 e. The summed E-state index contributed by atoms with van der Waals surface area (Å²) >= 11 is 6.07. The van der Waals surface area contributed by atoms with Crippen molar-refractivity contribution >= 4 is 29.4 Å². The Bertz CT molecular complexity index is 1190. The van der Waals surface area contributed by atoms with E-state index < -0.39 is 24.3 Å². The number of nitrogens with zero attached hydrogens (tertiary/aromatic N) is 1. The molecule has 0 spiro atoms. The van der Waals surface area contributed by atoms with Gasteiger partial charge >= 0.3 is 5.97 Å². The second kappa shape index (κ2) is 7.04. The van der Waals surface area contributed by atoms with Crippen molar-refractivity contribution in [2.75, 3.05) is 6.54 Å². The lowest BCUT2D eigenvalue weighted by molar-refractivity contribution is -0.148. The molecule has 2 amide bonds. The van der Waals surface area contributed by atoms with Crippen molar-refractivity contribution in [3.8, 4) is 5.75 Å². The fourth-order valence-electron chi connectivity index (χ4n) is 5.71. The van der Waals surface area contributed by atoms with E-state index >= 15 is 0 Å². The molecule has 158 valence electrons. The van der Waals surface area contributed by atoms with Crippen LogP contribution in [-0.2, 0) is 14.4 Å². The maximum atomic E-state index is 13.5. The molecule has 2 atom stereocenters. The third-order valence-corrected chi connectivity index (χ3v) is 7.20. The van der Waals surface area contributed by atoms with Crippen molar-refractivity contribution < 1.29 is 19.1 Å². The lowest BCUT2D eigenvalue weighted by Gasteiger charge is -2.45. The maximum Gasteiger partial charge on any atom is 0.331 e. The fraction of sp³-hybridized carbons (Fsp3) is 0.192. The molecule has 3 aromatic rings. The molecule has 1 fully saturated rings. The molecule has 0 saturated carbocycles. The predicted octanol–water partition coefficient (Wildman–Crippen LogP) is 4.14. The minimum atomic E-state index is -0.694. The summed E-state index contributed by atoms with van der Waals surface area (Å²) in [7, 11) is 0. The average molecular weight is 444 g/mol. The number of likely N-dealkylation sites (tertiary alicyclic amines) is 1. The van der Waals surface area contributed by atoms with E-state index in [4.69, 9.17) is 16.3 Å². The quantitative estimate of drug-likeness (QED) is 0.347. The molecule has 2 unspecified atom stereocenters. The Hall–Kier alpha value is -3.44. The molecule has 2 bridgehead atoms. The molecule has 1 aliphatic heterocycles. The fourth-order valence-corrected chi connectivity index (χ4v) is 5.88. The van der Waals surface area contributed by atoms with Crippen LogP contribution in [0.15, 0.2) is 72.8 Å². The Kier molecular flexibility index (Phi) is 4.24. The van der Waals surface area contributed by atoms with Crippen LogP contribution in [0.1, 0.15) is 34.1 Å². The summed E-state index contributed by atoms with van der Waals surface area (Å²) < 4.78 is 5.33. The van der Waals surface area contributed by atoms with Gasteiger partial charge < -0.3 is 4.74 Å². The van der Waals surface area contributed by atoms with Crippen LogP contribution >= 0.6 is 11.6 Å². The Labute approximate surface area is 189 Å². The minimum absolute atomic E-state index is 0.196. The number of hydrogen-bond acceptors (Lipinski definition) is 4. The van der Waals surface area contributed by atoms with Gasteiger partial charge in [-0.3, -0.25) is 14.5 Å². The van der Waals surface area contributed by atoms with Gasteiger partial charge in [-0.25, -0.2) is 4.79 Å². The van der Waals surface area contributed by atoms with E-state index in [1.807, 2.05) is 48.5 Å². The zero-order valence-corrected chi connectivity index (χ0v) is 17.7. The van der Waals surface area contributed by atoms with Crippen molar-refractivity contribution in [3.63, 3.8) is 0 Å². The average Bonchev–Trinajstić information content (AvgIpc) is 3.06. The summed E-state index contributed by atoms with van der Waals surface area (Å²) in [6.07, 6.45) is 0. The molecule has 32 heavy (non-hydrogen) atoms. The first kappa shape index (κ1) is 19.3. The molecule has 7 rings (SSSR count). The van der Waals surface area contributed by atoms with Crippen LogP contribution in [0, 0.1) is 11.8 Å². The number of hydrogen-bond donors (Lipinski definition) is 0. The van der Waals surface area contributed by atoms with Crippen LogP contribution in [0.4, 0.5) is 0 Å². The second-order valence-electron chi connectivity index (χ2n) is 8.43. The highest BCUT2D eigenvalue weighted by atomic mass is 35.5. The lowest BCUT2D eigenvalue weighted by atomic mass is 9.55. The number of carbonyl (C=O) groups excluding carboxylic acids is 3. The number of benzene rings is 3. The molecule has 1 heterocycles. The van der Waals surface area contributed by atoms with E-state index in [1.165, 1.54) is 0 Å². The SMILES string of the molecule is O=C(CN1C(=O)C2C3c4ccccc4C(c4ccccc43)C2C1=O)Oc1ccccc1Cl. The number of halogens is 1. The first-order valence-corrected chi connectivity index (χ1v) is 10.9. The van der Waals surface area contributed by atoms with Gasteiger partial charge in [-0.1, -0.05) is 72.3 Å². The largest absolute Gasteiger partial charge is 0.424 e. The van der Waals surface area contributed by atoms with Gasteiger partial charge in [0, 0.05) is 11.8 Å². The third kappa shape index (κ3) is 2.61. The highest BCUT2D eigenvalue weighted by Crippen LogP contribution is 2.60. The van der Waals surface area contributed by atoms with Crippen LogP contribution in [-0.4, -0.2) is 29.2 Å². The van der Waals surface area contributed by atoms with Crippen LogP contribution in [0.5, 0.6) is 5.75 Å². The van der Waals surface area contributed by atoms with Crippen LogP contribution in [0.2, 0.25) is 5.02 Å². The summed E-state index contributed by atoms with van der Waals surface area (Å²) in [6, 6.07) is 22.7. The molecule has 3 aromatic carbocycles. The van der Waals surface area contributed by atoms with Crippen molar-refractivity contribution in [1.29, 1.82) is 0 Å². The molecule has 5 nitrogen and oxygen atoms in total. The number of esters is 1. The van der Waals surface area contributed by atoms with Crippen molar-refractivity contribution in [1.82, 2.24) is 4.90 Å². The van der Waals surface area contributed by atoms with E-state index in [0.29, 0.717) is 0 Å². The molecule has 0 N–H and O–H groups in total. The van der Waals surface area contributed by atoms with Gasteiger partial charge in [0.25, 0.3) is 0 Å². The first-order chi connectivity index (χ1) is 15.6. The van der Waals surface area contributed by atoms with Crippen molar-refractivity contribution in [2.24, 2.45) is 11.8 Å². The van der Waals surface area contributed by atoms with Gasteiger partial charge in [-0.15, -0.1) is 0 Å². The van der Waals surface area contributed by atoms with E-state index in [9.17, 15) is 14.4 Å². The highest BCUT2D eigenvalue weighted by Gasteiger charge is 2.61. The minimum Gasteiger partial charge on any atom is -0.424 e. The van der Waals surface area contributed by atoms with E-state index in [1.54, 1.807) is 24.3 Å². The Morgan fingerprint density at radius 2 is 1.19 bits per heavy atom. The van der Waals surface area contributed by atoms with Crippen LogP contribution < -0.4 is 4.74 Å². The number of carbonyl (C=O) groups is 3. The van der Waals surface area contributed by atoms with Crippen LogP contribution in [0.3, 0.4) is 0 Å². The van der Waals surface area contributed by atoms with E-state index in [-0.39, 0.29) is 34.4 Å². The number of para-hydroxylation sites is 1. The topological polar surface area (TPSA) is 63.7 Å². The van der Waals surface area contributed by atoms with Gasteiger partial charge in [0.15, 0.2) is 0 Å². The molecule has 0 radical (unpaired) electrons. The zero-order valence-electron chi connectivity index (χ0n) is 16.9. The Balaban J connectivity index is 1.36. The number of amides is 2. The van der Waals surface area contributed by atoms with Gasteiger partial charge in [-0.2, -0.15) is 0 Å². The first-order valence-electron chi connectivity index (χ1n) is 10.5. The van der Waals surface area contributed by atoms with Gasteiger partial charge in [-0.05, 0) is 34.4 Å². The van der Waals surface area contributed by atoms with Crippen molar-refractivity contribution in [2.45, 2.75) is 11.8 Å². The lowest BCUT2D eigenvalue weighted by Crippen LogP contribution is -2.41. The summed E-state index contributed by atoms with van der Waals surface area (Å²) in [5.41, 5.74) is 4.39. The zero-order chi connectivity index (χ0) is 22.0. The normalized spacial score (nSPS) is 24.7. The number of imide groups is 1. The Morgan fingerprint density at radius 3 is 1.66 bits per heavy atom. The number of rotatable bonds is 3. The molecule has 6 heteroatoms. The third-order valence-electron chi connectivity index (χ3n) is 6.89. The van der Waals surface area contributed by atoms with Gasteiger partial charge in [0.1, 0.15) is 12.3 Å². The molecule has 4 aliphatic rings. The standard InChI is InChI=1S/C26H18ClNO4/c27-18-11-5-6-12-19(18)32-20(29)13-28-25(30)23-21-14-7-1-2-8-15(14)22(24(23)26(28)31)17-10-4-3-9-16(17)21/h1-12,21-24H,13H2. The summed E-state index contributed by atoms with van der Waals surface area (Å²) in [5, 5.41) is 0.289. The molecule has 3 aliphatic carbocycles. The van der Waals surface area contributed by atoms with Crippen molar-refractivity contribution in [3.05, 3.63) is 100 Å². The van der Waals surface area contributed by atoms with Gasteiger partial charge in [0.2, 0.25) is 11.8 Å². The molecule has 1 saturated heterocycles. The molecular weight excluding hydrogens is 426 g/mol. The summed E-state index contributed by atoms with van der Waals surface area (Å²) in [6.45, 7) is -0.429.